The Morgan fingerprint density at radius 3 is 2.02 bits per heavy atom. The average molecular weight is 747 g/mol. The lowest BCUT2D eigenvalue weighted by molar-refractivity contribution is 0.669. The minimum atomic E-state index is -0.462. The van der Waals surface area contributed by atoms with Crippen LogP contribution in [-0.2, 0) is 0 Å². The van der Waals surface area contributed by atoms with Gasteiger partial charge in [0.05, 0.1) is 11.6 Å². The highest BCUT2D eigenvalue weighted by Crippen LogP contribution is 2.40. The van der Waals surface area contributed by atoms with Gasteiger partial charge in [-0.15, -0.1) is 0 Å². The lowest BCUT2D eigenvalue weighted by Crippen LogP contribution is -2.32. The van der Waals surface area contributed by atoms with Crippen LogP contribution in [0.4, 0.5) is 5.82 Å². The van der Waals surface area contributed by atoms with Crippen LogP contribution in [0.25, 0.3) is 77.2 Å². The zero-order chi connectivity index (χ0) is 39.0. The van der Waals surface area contributed by atoms with Gasteiger partial charge in [0.25, 0.3) is 0 Å². The summed E-state index contributed by atoms with van der Waals surface area (Å²) in [5.74, 6) is 0.896. The second-order valence-electron chi connectivity index (χ2n) is 14.8. The Morgan fingerprint density at radius 2 is 1.26 bits per heavy atom. The molecule has 276 valence electrons. The molecule has 1 aliphatic rings. The van der Waals surface area contributed by atoms with Gasteiger partial charge in [-0.05, 0) is 104 Å². The van der Waals surface area contributed by atoms with Gasteiger partial charge in [-0.25, -0.2) is 4.98 Å². The molecule has 0 saturated carbocycles. The van der Waals surface area contributed by atoms with E-state index in [4.69, 9.17) is 15.1 Å². The van der Waals surface area contributed by atoms with Crippen LogP contribution in [0.3, 0.4) is 0 Å². The van der Waals surface area contributed by atoms with Crippen LogP contribution in [0.1, 0.15) is 23.5 Å². The molecule has 0 saturated heterocycles. The van der Waals surface area contributed by atoms with E-state index in [-0.39, 0.29) is 5.92 Å². The zero-order valence-corrected chi connectivity index (χ0v) is 31.6. The number of fused-ring (bicyclic) bond motifs is 4. The number of hydrogen-bond acceptors (Lipinski definition) is 5. The van der Waals surface area contributed by atoms with Gasteiger partial charge in [-0.1, -0.05) is 140 Å². The van der Waals surface area contributed by atoms with Gasteiger partial charge >= 0.3 is 0 Å². The van der Waals surface area contributed by atoms with Gasteiger partial charge in [-0.2, -0.15) is 5.26 Å². The van der Waals surface area contributed by atoms with E-state index in [0.717, 1.165) is 78.7 Å². The molecular formula is C53H38N4O. The van der Waals surface area contributed by atoms with E-state index >= 15 is 0 Å². The van der Waals surface area contributed by atoms with Crippen molar-refractivity contribution in [2.24, 2.45) is 5.73 Å². The Kier molecular flexibility index (Phi) is 8.95. The summed E-state index contributed by atoms with van der Waals surface area (Å²) in [5, 5.41) is 17.4. The van der Waals surface area contributed by atoms with E-state index in [1.165, 1.54) is 21.9 Å². The molecule has 9 aromatic rings. The maximum Gasteiger partial charge on any atom is 0.135 e. The molecule has 0 aliphatic heterocycles. The largest absolute Gasteiger partial charge is 0.456 e. The van der Waals surface area contributed by atoms with Gasteiger partial charge in [-0.3, -0.25) is 0 Å². The number of benzene rings is 7. The molecule has 3 N–H and O–H groups in total. The molecule has 5 heteroatoms. The quantitative estimate of drug-likeness (QED) is 0.151. The highest BCUT2D eigenvalue weighted by Gasteiger charge is 2.21. The summed E-state index contributed by atoms with van der Waals surface area (Å²) in [7, 11) is 0. The monoisotopic (exact) mass is 746 g/mol. The highest BCUT2D eigenvalue weighted by atomic mass is 16.3. The number of pyridine rings is 1. The van der Waals surface area contributed by atoms with Crippen molar-refractivity contribution in [3.8, 4) is 50.6 Å². The number of allylic oxidation sites excluding steroid dienone is 2. The van der Waals surface area contributed by atoms with Gasteiger partial charge in [0, 0.05) is 34.0 Å². The summed E-state index contributed by atoms with van der Waals surface area (Å²) in [5.41, 5.74) is 20.3. The van der Waals surface area contributed by atoms with E-state index < -0.39 is 6.17 Å². The summed E-state index contributed by atoms with van der Waals surface area (Å²) in [6.45, 7) is 0. The Morgan fingerprint density at radius 1 is 0.603 bits per heavy atom. The van der Waals surface area contributed by atoms with Gasteiger partial charge in [0.1, 0.15) is 23.1 Å². The summed E-state index contributed by atoms with van der Waals surface area (Å²) >= 11 is 0. The number of nitriles is 1. The van der Waals surface area contributed by atoms with Gasteiger partial charge < -0.3 is 15.5 Å². The van der Waals surface area contributed by atoms with Gasteiger partial charge in [0.15, 0.2) is 0 Å². The molecule has 2 heterocycles. The molecule has 0 radical (unpaired) electrons. The van der Waals surface area contributed by atoms with Crippen molar-refractivity contribution in [3.63, 3.8) is 0 Å². The van der Waals surface area contributed by atoms with Crippen molar-refractivity contribution in [3.05, 3.63) is 205 Å². The van der Waals surface area contributed by atoms with Crippen molar-refractivity contribution in [1.29, 1.82) is 5.26 Å². The number of nitrogens with two attached hydrogens (primary N) is 1. The summed E-state index contributed by atoms with van der Waals surface area (Å²) in [4.78, 5) is 4.92. The van der Waals surface area contributed by atoms with Crippen molar-refractivity contribution < 1.29 is 4.42 Å². The first-order valence-electron chi connectivity index (χ1n) is 19.6. The first-order chi connectivity index (χ1) is 28.6. The van der Waals surface area contributed by atoms with Crippen LogP contribution in [0.2, 0.25) is 0 Å². The molecule has 2 unspecified atom stereocenters. The Bertz CT molecular complexity index is 3080. The third-order valence-electron chi connectivity index (χ3n) is 11.3. The zero-order valence-electron chi connectivity index (χ0n) is 31.6. The molecule has 10 rings (SSSR count). The molecule has 1 aliphatic carbocycles. The van der Waals surface area contributed by atoms with E-state index in [2.05, 4.69) is 127 Å². The Labute approximate surface area is 337 Å². The molecule has 0 amide bonds. The summed E-state index contributed by atoms with van der Waals surface area (Å²) < 4.78 is 6.30. The van der Waals surface area contributed by atoms with Crippen LogP contribution >= 0.6 is 0 Å². The fourth-order valence-electron chi connectivity index (χ4n) is 8.34. The highest BCUT2D eigenvalue weighted by molar-refractivity contribution is 6.09. The topological polar surface area (TPSA) is 87.9 Å². The maximum atomic E-state index is 9.27. The molecule has 2 aromatic heterocycles. The standard InChI is InChI=1S/C53H38N4O/c54-32-34-20-22-36(23-21-34)38-24-26-50-48(29-38)49-30-40(25-27-51(49)58-50)44-17-9-18-45-43(16-8-19-46(44)45)39-14-7-15-41(28-39)52(55)57-53-47(37-12-5-2-6-13-37)31-42(33-56-53)35-10-3-1-4-11-35/h1-13,15-31,33,39,52H,14,55H2,(H,56,57). The second-order valence-corrected chi connectivity index (χ2v) is 14.8. The lowest BCUT2D eigenvalue weighted by Gasteiger charge is -2.24. The number of nitrogens with zero attached hydrogens (tertiary/aromatic N) is 2. The van der Waals surface area contributed by atoms with Crippen LogP contribution in [0, 0.1) is 11.3 Å². The predicted molar refractivity (Wildman–Crippen MR) is 238 cm³/mol. The SMILES string of the molecule is N#Cc1ccc(-c2ccc3oc4ccc(-c5cccc6c(C7C=C(C(N)Nc8ncc(-c9ccccc9)cc8-c8ccccc8)C=CC7)cccc56)cc4c3c2)cc1. The number of aromatic nitrogens is 1. The smallest absolute Gasteiger partial charge is 0.135 e. The van der Waals surface area contributed by atoms with E-state index in [9.17, 15) is 5.26 Å². The molecule has 0 fully saturated rings. The fraction of sp³-hybridized carbons (Fsp3) is 0.0566. The maximum absolute atomic E-state index is 9.27. The van der Waals surface area contributed by atoms with Crippen molar-refractivity contribution in [1.82, 2.24) is 4.98 Å². The summed E-state index contributed by atoms with van der Waals surface area (Å²) in [6, 6.07) is 58.8. The van der Waals surface area contributed by atoms with E-state index in [1.807, 2.05) is 72.9 Å². The minimum Gasteiger partial charge on any atom is -0.456 e. The number of anilines is 1. The first-order valence-corrected chi connectivity index (χ1v) is 19.6. The Hall–Kier alpha value is -7.52. The second kappa shape index (κ2) is 14.9. The van der Waals surface area contributed by atoms with Crippen molar-refractivity contribution in [2.45, 2.75) is 18.5 Å². The molecule has 7 aromatic carbocycles. The van der Waals surface area contributed by atoms with Crippen LogP contribution < -0.4 is 11.1 Å². The Balaban J connectivity index is 0.970. The first kappa shape index (κ1) is 34.9. The lowest BCUT2D eigenvalue weighted by atomic mass is 9.85. The summed E-state index contributed by atoms with van der Waals surface area (Å²) in [6.07, 6.45) is 9.03. The minimum absolute atomic E-state index is 0.148. The number of hydrogen-bond donors (Lipinski definition) is 2. The van der Waals surface area contributed by atoms with Crippen molar-refractivity contribution in [2.75, 3.05) is 5.32 Å². The third kappa shape index (κ3) is 6.52. The molecule has 2 atom stereocenters. The van der Waals surface area contributed by atoms with Crippen LogP contribution in [0.15, 0.2) is 198 Å². The predicted octanol–water partition coefficient (Wildman–Crippen LogP) is 13.0. The molecule has 0 spiro atoms. The molecule has 58 heavy (non-hydrogen) atoms. The van der Waals surface area contributed by atoms with E-state index in [1.54, 1.807) is 0 Å². The van der Waals surface area contributed by atoms with Crippen LogP contribution in [-0.4, -0.2) is 11.1 Å². The normalized spacial score (nSPS) is 14.3. The molecular weight excluding hydrogens is 709 g/mol. The van der Waals surface area contributed by atoms with Crippen molar-refractivity contribution >= 4 is 38.5 Å². The van der Waals surface area contributed by atoms with E-state index in [0.29, 0.717) is 5.56 Å². The van der Waals surface area contributed by atoms with Gasteiger partial charge in [0.2, 0.25) is 0 Å². The molecule has 5 nitrogen and oxygen atoms in total. The fourth-order valence-corrected chi connectivity index (χ4v) is 8.34. The molecule has 0 bridgehead atoms. The van der Waals surface area contributed by atoms with Crippen LogP contribution in [0.5, 0.6) is 0 Å². The third-order valence-corrected chi connectivity index (χ3v) is 11.3. The number of furan rings is 1. The number of rotatable bonds is 8. The average Bonchev–Trinajstić information content (AvgIpc) is 3.66. The number of nitrogens with one attached hydrogen (secondary N) is 1.